The summed E-state index contributed by atoms with van der Waals surface area (Å²) in [6.45, 7) is 0. The molecule has 0 bridgehead atoms. The van der Waals surface area contributed by atoms with Crippen LogP contribution in [0.1, 0.15) is 17.2 Å². The molecule has 0 fully saturated rings. The van der Waals surface area contributed by atoms with Crippen molar-refractivity contribution >= 4 is 23.0 Å². The topological polar surface area (TPSA) is 42.5 Å². The summed E-state index contributed by atoms with van der Waals surface area (Å²) < 4.78 is 10.6. The summed E-state index contributed by atoms with van der Waals surface area (Å²) in [5, 5.41) is 7.15. The van der Waals surface area contributed by atoms with Crippen molar-refractivity contribution in [3.05, 3.63) is 90.0 Å². The lowest BCUT2D eigenvalue weighted by atomic mass is 9.99. The molecule has 0 unspecified atom stereocenters. The van der Waals surface area contributed by atoms with Crippen LogP contribution in [0.3, 0.4) is 0 Å². The van der Waals surface area contributed by atoms with Crippen molar-refractivity contribution in [1.82, 2.24) is 5.32 Å². The molecule has 0 aliphatic heterocycles. The lowest BCUT2D eigenvalue weighted by Crippen LogP contribution is -2.33. The Morgan fingerprint density at radius 1 is 0.778 bits per heavy atom. The van der Waals surface area contributed by atoms with E-state index in [1.165, 1.54) is 0 Å². The van der Waals surface area contributed by atoms with Crippen molar-refractivity contribution in [2.45, 2.75) is 6.04 Å². The Hall–Kier alpha value is -3.05. The van der Waals surface area contributed by atoms with E-state index >= 15 is 0 Å². The summed E-state index contributed by atoms with van der Waals surface area (Å²) in [6, 6.07) is 26.0. The zero-order valence-corrected chi connectivity index (χ0v) is 16.1. The van der Waals surface area contributed by atoms with Gasteiger partial charge < -0.3 is 20.1 Å². The molecule has 0 atom stereocenters. The van der Waals surface area contributed by atoms with Gasteiger partial charge in [-0.1, -0.05) is 60.7 Å². The molecule has 0 spiro atoms. The number of ether oxygens (including phenoxy) is 2. The fourth-order valence-electron chi connectivity index (χ4n) is 2.83. The third-order valence-electron chi connectivity index (χ3n) is 4.15. The van der Waals surface area contributed by atoms with Crippen LogP contribution in [-0.4, -0.2) is 19.3 Å². The first-order valence-corrected chi connectivity index (χ1v) is 9.01. The van der Waals surface area contributed by atoms with Gasteiger partial charge in [0.15, 0.2) is 5.11 Å². The van der Waals surface area contributed by atoms with Crippen LogP contribution in [0.15, 0.2) is 78.9 Å². The number of hydrogen-bond acceptors (Lipinski definition) is 3. The molecule has 0 saturated carbocycles. The van der Waals surface area contributed by atoms with Gasteiger partial charge in [-0.2, -0.15) is 0 Å². The normalized spacial score (nSPS) is 10.3. The van der Waals surface area contributed by atoms with E-state index in [0.29, 0.717) is 16.6 Å². The van der Waals surface area contributed by atoms with Crippen LogP contribution >= 0.6 is 12.2 Å². The van der Waals surface area contributed by atoms with Gasteiger partial charge >= 0.3 is 0 Å². The van der Waals surface area contributed by atoms with Gasteiger partial charge in [0.05, 0.1) is 20.3 Å². The predicted molar refractivity (Wildman–Crippen MR) is 114 cm³/mol. The average Bonchev–Trinajstić information content (AvgIpc) is 2.73. The molecule has 5 heteroatoms. The highest BCUT2D eigenvalue weighted by molar-refractivity contribution is 7.80. The van der Waals surface area contributed by atoms with Gasteiger partial charge in [-0.05, 0) is 23.3 Å². The van der Waals surface area contributed by atoms with Gasteiger partial charge in [0, 0.05) is 23.9 Å². The first kappa shape index (κ1) is 18.7. The highest BCUT2D eigenvalue weighted by atomic mass is 32.1. The second-order valence-corrected chi connectivity index (χ2v) is 6.36. The van der Waals surface area contributed by atoms with Gasteiger partial charge in [-0.15, -0.1) is 0 Å². The van der Waals surface area contributed by atoms with E-state index in [-0.39, 0.29) is 6.04 Å². The SMILES string of the molecule is COc1cc(NC(=S)NC(c2ccccc2)c2ccccc2)cc(OC)c1. The van der Waals surface area contributed by atoms with Crippen LogP contribution in [0.5, 0.6) is 11.5 Å². The number of methoxy groups -OCH3 is 2. The number of rotatable bonds is 6. The number of benzene rings is 3. The molecule has 3 aromatic rings. The van der Waals surface area contributed by atoms with Crippen LogP contribution in [0.25, 0.3) is 0 Å². The van der Waals surface area contributed by atoms with Crippen molar-refractivity contribution in [2.75, 3.05) is 19.5 Å². The predicted octanol–water partition coefficient (Wildman–Crippen LogP) is 4.78. The molecule has 3 aromatic carbocycles. The summed E-state index contributed by atoms with van der Waals surface area (Å²) in [5.74, 6) is 1.39. The van der Waals surface area contributed by atoms with Gasteiger partial charge in [-0.25, -0.2) is 0 Å². The molecule has 27 heavy (non-hydrogen) atoms. The number of nitrogens with one attached hydrogen (secondary N) is 2. The lowest BCUT2D eigenvalue weighted by Gasteiger charge is -2.22. The fourth-order valence-corrected chi connectivity index (χ4v) is 3.06. The molecule has 138 valence electrons. The summed E-state index contributed by atoms with van der Waals surface area (Å²) in [4.78, 5) is 0. The second kappa shape index (κ2) is 9.05. The fraction of sp³-hybridized carbons (Fsp3) is 0.136. The van der Waals surface area contributed by atoms with Gasteiger partial charge in [0.25, 0.3) is 0 Å². The Balaban J connectivity index is 1.81. The summed E-state index contributed by atoms with van der Waals surface area (Å²) in [5.41, 5.74) is 3.07. The van der Waals surface area contributed by atoms with E-state index in [0.717, 1.165) is 16.8 Å². The van der Waals surface area contributed by atoms with E-state index in [1.54, 1.807) is 14.2 Å². The number of thiocarbonyl (C=S) groups is 1. The Morgan fingerprint density at radius 2 is 1.26 bits per heavy atom. The van der Waals surface area contributed by atoms with Crippen LogP contribution in [0.2, 0.25) is 0 Å². The van der Waals surface area contributed by atoms with Gasteiger partial charge in [0.1, 0.15) is 11.5 Å². The zero-order chi connectivity index (χ0) is 19.1. The molecule has 0 saturated heterocycles. The van der Waals surface area contributed by atoms with E-state index in [9.17, 15) is 0 Å². The molecule has 4 nitrogen and oxygen atoms in total. The molecular weight excluding hydrogens is 356 g/mol. The minimum atomic E-state index is -0.0556. The zero-order valence-electron chi connectivity index (χ0n) is 15.3. The average molecular weight is 378 g/mol. The van der Waals surface area contributed by atoms with E-state index < -0.39 is 0 Å². The first-order valence-electron chi connectivity index (χ1n) is 8.60. The maximum absolute atomic E-state index is 5.57. The molecule has 3 rings (SSSR count). The Morgan fingerprint density at radius 3 is 1.70 bits per heavy atom. The van der Waals surface area contributed by atoms with Crippen LogP contribution < -0.4 is 20.1 Å². The first-order chi connectivity index (χ1) is 13.2. The third-order valence-corrected chi connectivity index (χ3v) is 4.37. The molecule has 0 aliphatic rings. The largest absolute Gasteiger partial charge is 0.497 e. The molecular formula is C22H22N2O2S. The number of anilines is 1. The van der Waals surface area contributed by atoms with E-state index in [2.05, 4.69) is 34.9 Å². The molecule has 0 amide bonds. The number of hydrogen-bond donors (Lipinski definition) is 2. The van der Waals surface area contributed by atoms with Crippen LogP contribution in [-0.2, 0) is 0 Å². The van der Waals surface area contributed by atoms with Crippen molar-refractivity contribution in [1.29, 1.82) is 0 Å². The standard InChI is InChI=1S/C22H22N2O2S/c1-25-19-13-18(14-20(15-19)26-2)23-22(27)24-21(16-9-5-3-6-10-16)17-11-7-4-8-12-17/h3-15,21H,1-2H3,(H2,23,24,27). The highest BCUT2D eigenvalue weighted by Gasteiger charge is 2.15. The molecule has 2 N–H and O–H groups in total. The van der Waals surface area contributed by atoms with Crippen LogP contribution in [0.4, 0.5) is 5.69 Å². The molecule has 0 aromatic heterocycles. The van der Waals surface area contributed by atoms with Crippen molar-refractivity contribution in [3.63, 3.8) is 0 Å². The van der Waals surface area contributed by atoms with E-state index in [1.807, 2.05) is 54.6 Å². The molecule has 0 heterocycles. The summed E-state index contributed by atoms with van der Waals surface area (Å²) in [6.07, 6.45) is 0. The summed E-state index contributed by atoms with van der Waals surface area (Å²) >= 11 is 5.57. The quantitative estimate of drug-likeness (QED) is 0.604. The molecule has 0 radical (unpaired) electrons. The minimum absolute atomic E-state index is 0.0556. The summed E-state index contributed by atoms with van der Waals surface area (Å²) in [7, 11) is 3.24. The monoisotopic (exact) mass is 378 g/mol. The Kier molecular flexibility index (Phi) is 6.28. The maximum atomic E-state index is 5.57. The Labute approximate surface area is 165 Å². The van der Waals surface area contributed by atoms with Crippen molar-refractivity contribution in [3.8, 4) is 11.5 Å². The van der Waals surface area contributed by atoms with Crippen molar-refractivity contribution < 1.29 is 9.47 Å². The minimum Gasteiger partial charge on any atom is -0.497 e. The third kappa shape index (κ3) is 4.99. The van der Waals surface area contributed by atoms with Crippen molar-refractivity contribution in [2.24, 2.45) is 0 Å². The lowest BCUT2D eigenvalue weighted by molar-refractivity contribution is 0.395. The van der Waals surface area contributed by atoms with Crippen LogP contribution in [0, 0.1) is 0 Å². The van der Waals surface area contributed by atoms with Gasteiger partial charge in [-0.3, -0.25) is 0 Å². The Bertz CT molecular complexity index is 824. The van der Waals surface area contributed by atoms with Gasteiger partial charge in [0.2, 0.25) is 0 Å². The second-order valence-electron chi connectivity index (χ2n) is 5.95. The smallest absolute Gasteiger partial charge is 0.171 e. The van der Waals surface area contributed by atoms with E-state index in [4.69, 9.17) is 21.7 Å². The highest BCUT2D eigenvalue weighted by Crippen LogP contribution is 2.26. The molecule has 0 aliphatic carbocycles. The maximum Gasteiger partial charge on any atom is 0.171 e.